The maximum atomic E-state index is 12.3. The average molecular weight is 375 g/mol. The SMILES string of the molecule is CCOC(=O)c1ccc(Nc2ccc(C(=O)Nc3ccc(C)cc3)nc2)cc1. The zero-order chi connectivity index (χ0) is 19.9. The second kappa shape index (κ2) is 8.81. The molecule has 1 heterocycles. The minimum Gasteiger partial charge on any atom is -0.462 e. The van der Waals surface area contributed by atoms with Crippen LogP contribution in [0.3, 0.4) is 0 Å². The van der Waals surface area contributed by atoms with E-state index >= 15 is 0 Å². The Morgan fingerprint density at radius 1 is 0.893 bits per heavy atom. The van der Waals surface area contributed by atoms with Crippen molar-refractivity contribution in [1.29, 1.82) is 0 Å². The standard InChI is InChI=1S/C22H21N3O3/c1-3-28-22(27)16-6-10-17(11-7-16)24-19-12-13-20(23-14-19)21(26)25-18-8-4-15(2)5-9-18/h4-14,24H,3H2,1-2H3,(H,25,26). The molecular weight excluding hydrogens is 354 g/mol. The van der Waals surface area contributed by atoms with Crippen molar-refractivity contribution in [2.75, 3.05) is 17.2 Å². The van der Waals surface area contributed by atoms with Crippen molar-refractivity contribution in [3.05, 3.63) is 83.7 Å². The summed E-state index contributed by atoms with van der Waals surface area (Å²) in [5.41, 5.74) is 4.20. The molecule has 0 spiro atoms. The van der Waals surface area contributed by atoms with E-state index in [1.807, 2.05) is 31.2 Å². The van der Waals surface area contributed by atoms with Gasteiger partial charge in [0.05, 0.1) is 24.1 Å². The van der Waals surface area contributed by atoms with Crippen molar-refractivity contribution < 1.29 is 14.3 Å². The van der Waals surface area contributed by atoms with Crippen molar-refractivity contribution in [2.24, 2.45) is 0 Å². The minimum atomic E-state index is -0.348. The van der Waals surface area contributed by atoms with Crippen molar-refractivity contribution in [1.82, 2.24) is 4.98 Å². The predicted octanol–water partition coefficient (Wildman–Crippen LogP) is 4.56. The normalized spacial score (nSPS) is 10.2. The Morgan fingerprint density at radius 3 is 2.14 bits per heavy atom. The van der Waals surface area contributed by atoms with Gasteiger partial charge in [0.15, 0.2) is 0 Å². The molecule has 1 aromatic heterocycles. The number of amides is 1. The summed E-state index contributed by atoms with van der Waals surface area (Å²) in [4.78, 5) is 28.2. The van der Waals surface area contributed by atoms with Gasteiger partial charge in [-0.15, -0.1) is 0 Å². The number of rotatable bonds is 6. The number of esters is 1. The zero-order valence-electron chi connectivity index (χ0n) is 15.7. The largest absolute Gasteiger partial charge is 0.462 e. The molecule has 0 aliphatic carbocycles. The molecule has 6 nitrogen and oxygen atoms in total. The van der Waals surface area contributed by atoms with Gasteiger partial charge in [-0.25, -0.2) is 9.78 Å². The third-order valence-corrected chi connectivity index (χ3v) is 3.99. The minimum absolute atomic E-state index is 0.269. The molecule has 0 aliphatic rings. The molecule has 3 aromatic rings. The molecule has 2 N–H and O–H groups in total. The van der Waals surface area contributed by atoms with E-state index in [0.29, 0.717) is 17.9 Å². The summed E-state index contributed by atoms with van der Waals surface area (Å²) < 4.78 is 4.96. The van der Waals surface area contributed by atoms with Gasteiger partial charge in [-0.2, -0.15) is 0 Å². The summed E-state index contributed by atoms with van der Waals surface area (Å²) in [6.45, 7) is 4.10. The molecule has 0 saturated heterocycles. The van der Waals surface area contributed by atoms with Gasteiger partial charge in [0.25, 0.3) is 5.91 Å². The Bertz CT molecular complexity index is 950. The lowest BCUT2D eigenvalue weighted by molar-refractivity contribution is 0.0526. The second-order valence-corrected chi connectivity index (χ2v) is 6.18. The first kappa shape index (κ1) is 19.1. The van der Waals surface area contributed by atoms with Crippen LogP contribution in [0.1, 0.15) is 33.3 Å². The summed E-state index contributed by atoms with van der Waals surface area (Å²) in [6.07, 6.45) is 1.59. The Hall–Kier alpha value is -3.67. The Labute approximate surface area is 163 Å². The molecule has 6 heteroatoms. The lowest BCUT2D eigenvalue weighted by Crippen LogP contribution is -2.13. The van der Waals surface area contributed by atoms with Crippen molar-refractivity contribution in [3.63, 3.8) is 0 Å². The maximum absolute atomic E-state index is 12.3. The highest BCUT2D eigenvalue weighted by molar-refractivity contribution is 6.03. The topological polar surface area (TPSA) is 80.3 Å². The molecular formula is C22H21N3O3. The molecule has 0 fully saturated rings. The van der Waals surface area contributed by atoms with E-state index in [1.54, 1.807) is 49.5 Å². The summed E-state index contributed by atoms with van der Waals surface area (Å²) in [5, 5.41) is 5.99. The number of carbonyl (C=O) groups excluding carboxylic acids is 2. The summed E-state index contributed by atoms with van der Waals surface area (Å²) in [7, 11) is 0. The van der Waals surface area contributed by atoms with E-state index in [1.165, 1.54) is 0 Å². The molecule has 1 amide bonds. The van der Waals surface area contributed by atoms with Crippen LogP contribution < -0.4 is 10.6 Å². The van der Waals surface area contributed by atoms with Crippen molar-refractivity contribution in [2.45, 2.75) is 13.8 Å². The average Bonchev–Trinajstić information content (AvgIpc) is 2.71. The molecule has 0 saturated carbocycles. The van der Waals surface area contributed by atoms with Gasteiger partial charge in [0, 0.05) is 11.4 Å². The summed E-state index contributed by atoms with van der Waals surface area (Å²) in [5.74, 6) is -0.617. The van der Waals surface area contributed by atoms with Gasteiger partial charge in [-0.05, 0) is 62.4 Å². The number of nitrogens with zero attached hydrogens (tertiary/aromatic N) is 1. The fourth-order valence-corrected chi connectivity index (χ4v) is 2.50. The lowest BCUT2D eigenvalue weighted by atomic mass is 10.2. The summed E-state index contributed by atoms with van der Waals surface area (Å²) >= 11 is 0. The zero-order valence-corrected chi connectivity index (χ0v) is 15.7. The van der Waals surface area contributed by atoms with Crippen molar-refractivity contribution >= 4 is 28.9 Å². The fraction of sp³-hybridized carbons (Fsp3) is 0.136. The fourth-order valence-electron chi connectivity index (χ4n) is 2.50. The second-order valence-electron chi connectivity index (χ2n) is 6.18. The number of ether oxygens (including phenoxy) is 1. The maximum Gasteiger partial charge on any atom is 0.338 e. The Morgan fingerprint density at radius 2 is 1.54 bits per heavy atom. The van der Waals surface area contributed by atoms with Gasteiger partial charge >= 0.3 is 5.97 Å². The van der Waals surface area contributed by atoms with Crippen LogP contribution in [0.2, 0.25) is 0 Å². The number of hydrogen-bond acceptors (Lipinski definition) is 5. The van der Waals surface area contributed by atoms with E-state index in [9.17, 15) is 9.59 Å². The number of carbonyl (C=O) groups is 2. The number of benzene rings is 2. The van der Waals surface area contributed by atoms with Crippen LogP contribution in [0.5, 0.6) is 0 Å². The predicted molar refractivity (Wildman–Crippen MR) is 109 cm³/mol. The van der Waals surface area contributed by atoms with Crippen LogP contribution >= 0.6 is 0 Å². The first-order valence-corrected chi connectivity index (χ1v) is 8.93. The monoisotopic (exact) mass is 375 g/mol. The van der Waals surface area contributed by atoms with Crippen LogP contribution in [0.15, 0.2) is 66.9 Å². The third-order valence-electron chi connectivity index (χ3n) is 3.99. The van der Waals surface area contributed by atoms with Gasteiger partial charge < -0.3 is 15.4 Å². The van der Waals surface area contributed by atoms with E-state index in [0.717, 1.165) is 22.6 Å². The van der Waals surface area contributed by atoms with Gasteiger partial charge in [-0.3, -0.25) is 4.79 Å². The summed E-state index contributed by atoms with van der Waals surface area (Å²) in [6, 6.07) is 17.9. The van der Waals surface area contributed by atoms with Crippen LogP contribution in [-0.4, -0.2) is 23.5 Å². The van der Waals surface area contributed by atoms with Crippen LogP contribution in [-0.2, 0) is 4.74 Å². The molecule has 3 rings (SSSR count). The van der Waals surface area contributed by atoms with Gasteiger partial charge in [0.2, 0.25) is 0 Å². The van der Waals surface area contributed by atoms with Crippen LogP contribution in [0.4, 0.5) is 17.1 Å². The van der Waals surface area contributed by atoms with E-state index < -0.39 is 0 Å². The number of aromatic nitrogens is 1. The third kappa shape index (κ3) is 4.94. The van der Waals surface area contributed by atoms with Crippen molar-refractivity contribution in [3.8, 4) is 0 Å². The van der Waals surface area contributed by atoms with E-state index in [-0.39, 0.29) is 11.9 Å². The van der Waals surface area contributed by atoms with Crippen LogP contribution in [0.25, 0.3) is 0 Å². The first-order valence-electron chi connectivity index (χ1n) is 8.93. The van der Waals surface area contributed by atoms with Crippen LogP contribution in [0, 0.1) is 6.92 Å². The van der Waals surface area contributed by atoms with E-state index in [2.05, 4.69) is 15.6 Å². The number of hydrogen-bond donors (Lipinski definition) is 2. The highest BCUT2D eigenvalue weighted by Gasteiger charge is 2.08. The van der Waals surface area contributed by atoms with E-state index in [4.69, 9.17) is 4.74 Å². The number of nitrogens with one attached hydrogen (secondary N) is 2. The van der Waals surface area contributed by atoms with Gasteiger partial charge in [-0.1, -0.05) is 17.7 Å². The smallest absolute Gasteiger partial charge is 0.338 e. The quantitative estimate of drug-likeness (QED) is 0.617. The molecule has 0 unspecified atom stereocenters. The molecule has 2 aromatic carbocycles. The Kier molecular flexibility index (Phi) is 6.01. The molecule has 0 radical (unpaired) electrons. The molecule has 28 heavy (non-hydrogen) atoms. The molecule has 142 valence electrons. The molecule has 0 bridgehead atoms. The lowest BCUT2D eigenvalue weighted by Gasteiger charge is -2.09. The molecule has 0 atom stereocenters. The number of aryl methyl sites for hydroxylation is 1. The highest BCUT2D eigenvalue weighted by Crippen LogP contribution is 2.18. The Balaban J connectivity index is 1.61. The number of pyridine rings is 1. The molecule has 0 aliphatic heterocycles. The first-order chi connectivity index (χ1) is 13.5. The highest BCUT2D eigenvalue weighted by atomic mass is 16.5. The number of anilines is 3. The van der Waals surface area contributed by atoms with Gasteiger partial charge in [0.1, 0.15) is 5.69 Å².